The Morgan fingerprint density at radius 1 is 1.17 bits per heavy atom. The van der Waals surface area contributed by atoms with Gasteiger partial charge in [0.2, 0.25) is 23.7 Å². The van der Waals surface area contributed by atoms with Gasteiger partial charge >= 0.3 is 0 Å². The molecule has 0 spiro atoms. The van der Waals surface area contributed by atoms with Gasteiger partial charge in [0.15, 0.2) is 0 Å². The van der Waals surface area contributed by atoms with Crippen LogP contribution >= 0.6 is 15.9 Å². The van der Waals surface area contributed by atoms with Gasteiger partial charge in [-0.05, 0) is 72.9 Å². The molecule has 1 unspecified atom stereocenters. The van der Waals surface area contributed by atoms with E-state index >= 15 is 0 Å². The molecular weight excluding hydrogens is 528 g/mol. The minimum atomic E-state index is -0.424. The Morgan fingerprint density at radius 3 is 2.75 bits per heavy atom. The van der Waals surface area contributed by atoms with Crippen LogP contribution in [0.1, 0.15) is 32.1 Å². The first-order chi connectivity index (χ1) is 17.5. The molecule has 36 heavy (non-hydrogen) atoms. The van der Waals surface area contributed by atoms with Crippen molar-refractivity contribution in [1.82, 2.24) is 25.5 Å². The molecule has 2 aromatic rings. The smallest absolute Gasteiger partial charge is 0.242 e. The molecule has 1 aromatic carbocycles. The molecule has 12 heteroatoms. The molecule has 1 atom stereocenters. The fourth-order valence-electron chi connectivity index (χ4n) is 4.14. The summed E-state index contributed by atoms with van der Waals surface area (Å²) in [4.78, 5) is 46.6. The van der Waals surface area contributed by atoms with E-state index in [-0.39, 0.29) is 17.7 Å². The Labute approximate surface area is 218 Å². The van der Waals surface area contributed by atoms with Crippen LogP contribution in [0, 0.1) is 0 Å². The highest BCUT2D eigenvalue weighted by Crippen LogP contribution is 2.23. The van der Waals surface area contributed by atoms with Crippen molar-refractivity contribution in [3.8, 4) is 0 Å². The largest absolute Gasteiger partial charge is 0.369 e. The fraction of sp³-hybridized carbons (Fsp3) is 0.458. The van der Waals surface area contributed by atoms with Gasteiger partial charge in [-0.1, -0.05) is 6.07 Å². The van der Waals surface area contributed by atoms with Crippen LogP contribution in [0.3, 0.4) is 0 Å². The van der Waals surface area contributed by atoms with Gasteiger partial charge in [0, 0.05) is 37.1 Å². The zero-order chi connectivity index (χ0) is 25.3. The Balaban J connectivity index is 1.24. The fourth-order valence-corrected chi connectivity index (χ4v) is 4.47. The Bertz CT molecular complexity index is 1090. The number of hydrogen-bond donors (Lipinski definition) is 5. The van der Waals surface area contributed by atoms with Crippen molar-refractivity contribution >= 4 is 56.8 Å². The number of amides is 3. The van der Waals surface area contributed by atoms with Crippen LogP contribution in [-0.4, -0.2) is 71.4 Å². The van der Waals surface area contributed by atoms with Gasteiger partial charge in [-0.3, -0.25) is 19.3 Å². The highest BCUT2D eigenvalue weighted by atomic mass is 79.9. The number of aromatic nitrogens is 2. The lowest BCUT2D eigenvalue weighted by Gasteiger charge is -2.15. The standard InChI is InChI=1S/C24H31BrN8O3/c25-18-14-28-24(32-22(18)26-9-4-10-27-23(36)19-7-8-20(34)31-19)30-17-6-3-5-16(13-17)29-21(35)15-33-11-1-2-12-33/h3,5-6,13-14,19H,1-2,4,7-12,15H2,(H,27,36)(H,29,35)(H,31,34)(H2,26,28,30,32). The van der Waals surface area contributed by atoms with Crippen LogP contribution in [0.4, 0.5) is 23.1 Å². The predicted molar refractivity (Wildman–Crippen MR) is 141 cm³/mol. The lowest BCUT2D eigenvalue weighted by Crippen LogP contribution is -2.42. The minimum absolute atomic E-state index is 0.0235. The lowest BCUT2D eigenvalue weighted by molar-refractivity contribution is -0.125. The molecule has 3 amide bonds. The van der Waals surface area contributed by atoms with Crippen molar-refractivity contribution < 1.29 is 14.4 Å². The summed E-state index contributed by atoms with van der Waals surface area (Å²) in [5.41, 5.74) is 1.46. The maximum atomic E-state index is 12.3. The maximum Gasteiger partial charge on any atom is 0.242 e. The van der Waals surface area contributed by atoms with Crippen LogP contribution in [0.5, 0.6) is 0 Å². The summed E-state index contributed by atoms with van der Waals surface area (Å²) in [7, 11) is 0. The summed E-state index contributed by atoms with van der Waals surface area (Å²) in [6.07, 6.45) is 5.58. The number of carbonyl (C=O) groups is 3. The highest BCUT2D eigenvalue weighted by molar-refractivity contribution is 9.10. The monoisotopic (exact) mass is 558 g/mol. The molecule has 11 nitrogen and oxygen atoms in total. The number of carbonyl (C=O) groups excluding carboxylic acids is 3. The molecule has 0 aliphatic carbocycles. The SMILES string of the molecule is O=C(CN1CCCC1)Nc1cccc(Nc2ncc(Br)c(NCCCNC(=O)C3CCC(=O)N3)n2)c1. The van der Waals surface area contributed by atoms with Gasteiger partial charge in [0.1, 0.15) is 11.9 Å². The van der Waals surface area contributed by atoms with Crippen molar-refractivity contribution in [3.63, 3.8) is 0 Å². The molecule has 1 aromatic heterocycles. The summed E-state index contributed by atoms with van der Waals surface area (Å²) in [6, 6.07) is 7.01. The topological polar surface area (TPSA) is 140 Å². The molecule has 2 aliphatic heterocycles. The number of benzene rings is 1. The van der Waals surface area contributed by atoms with Crippen LogP contribution in [0.2, 0.25) is 0 Å². The van der Waals surface area contributed by atoms with Crippen LogP contribution in [0.15, 0.2) is 34.9 Å². The van der Waals surface area contributed by atoms with Crippen molar-refractivity contribution in [2.75, 3.05) is 48.7 Å². The Kier molecular flexibility index (Phi) is 9.06. The van der Waals surface area contributed by atoms with E-state index in [1.807, 2.05) is 24.3 Å². The Hall–Kier alpha value is -3.25. The molecule has 0 radical (unpaired) electrons. The molecular formula is C24H31BrN8O3. The normalized spacial score (nSPS) is 17.5. The molecule has 4 rings (SSSR count). The van der Waals surface area contributed by atoms with Crippen molar-refractivity contribution in [3.05, 3.63) is 34.9 Å². The first-order valence-corrected chi connectivity index (χ1v) is 13.0. The third-order valence-corrected chi connectivity index (χ3v) is 6.55. The first-order valence-electron chi connectivity index (χ1n) is 12.2. The average molecular weight is 559 g/mol. The first kappa shape index (κ1) is 25.8. The van der Waals surface area contributed by atoms with Gasteiger partial charge in [-0.15, -0.1) is 0 Å². The quantitative estimate of drug-likeness (QED) is 0.264. The second-order valence-electron chi connectivity index (χ2n) is 8.86. The molecule has 0 bridgehead atoms. The predicted octanol–water partition coefficient (Wildman–Crippen LogP) is 2.21. The van der Waals surface area contributed by atoms with E-state index in [1.165, 1.54) is 0 Å². The summed E-state index contributed by atoms with van der Waals surface area (Å²) >= 11 is 3.46. The molecule has 192 valence electrons. The average Bonchev–Trinajstić information content (AvgIpc) is 3.52. The minimum Gasteiger partial charge on any atom is -0.369 e. The summed E-state index contributed by atoms with van der Waals surface area (Å²) in [5, 5.41) is 14.9. The second kappa shape index (κ2) is 12.6. The van der Waals surface area contributed by atoms with E-state index in [4.69, 9.17) is 0 Å². The van der Waals surface area contributed by atoms with Gasteiger partial charge in [0.25, 0.3) is 0 Å². The Morgan fingerprint density at radius 2 is 1.97 bits per heavy atom. The van der Waals surface area contributed by atoms with E-state index in [1.54, 1.807) is 6.20 Å². The number of likely N-dealkylation sites (tertiary alicyclic amines) is 1. The third kappa shape index (κ3) is 7.62. The van der Waals surface area contributed by atoms with Crippen molar-refractivity contribution in [1.29, 1.82) is 0 Å². The number of nitrogens with zero attached hydrogens (tertiary/aromatic N) is 3. The number of halogens is 1. The maximum absolute atomic E-state index is 12.3. The van der Waals surface area contributed by atoms with Crippen molar-refractivity contribution in [2.24, 2.45) is 0 Å². The summed E-state index contributed by atoms with van der Waals surface area (Å²) in [6.45, 7) is 3.43. The van der Waals surface area contributed by atoms with Gasteiger partial charge in [-0.2, -0.15) is 4.98 Å². The van der Waals surface area contributed by atoms with Gasteiger partial charge < -0.3 is 26.6 Å². The molecule has 2 saturated heterocycles. The summed E-state index contributed by atoms with van der Waals surface area (Å²) in [5.74, 6) is 0.780. The highest BCUT2D eigenvalue weighted by Gasteiger charge is 2.26. The van der Waals surface area contributed by atoms with Crippen LogP contribution < -0.4 is 26.6 Å². The second-order valence-corrected chi connectivity index (χ2v) is 9.71. The van der Waals surface area contributed by atoms with E-state index in [0.29, 0.717) is 60.8 Å². The zero-order valence-corrected chi connectivity index (χ0v) is 21.6. The molecule has 0 saturated carbocycles. The zero-order valence-electron chi connectivity index (χ0n) is 20.0. The molecule has 2 fully saturated rings. The van der Waals surface area contributed by atoms with Gasteiger partial charge in [-0.25, -0.2) is 4.98 Å². The molecule has 3 heterocycles. The van der Waals surface area contributed by atoms with E-state index in [9.17, 15) is 14.4 Å². The molecule has 5 N–H and O–H groups in total. The summed E-state index contributed by atoms with van der Waals surface area (Å²) < 4.78 is 0.716. The van der Waals surface area contributed by atoms with E-state index in [0.717, 1.165) is 31.6 Å². The van der Waals surface area contributed by atoms with Crippen LogP contribution in [-0.2, 0) is 14.4 Å². The van der Waals surface area contributed by atoms with Crippen LogP contribution in [0.25, 0.3) is 0 Å². The molecule has 2 aliphatic rings. The third-order valence-electron chi connectivity index (χ3n) is 5.97. The van der Waals surface area contributed by atoms with Crippen molar-refractivity contribution in [2.45, 2.75) is 38.1 Å². The lowest BCUT2D eigenvalue weighted by atomic mass is 10.2. The number of hydrogen-bond acceptors (Lipinski definition) is 8. The number of nitrogens with one attached hydrogen (secondary N) is 5. The number of anilines is 4. The number of rotatable bonds is 11. The van der Waals surface area contributed by atoms with E-state index < -0.39 is 6.04 Å². The van der Waals surface area contributed by atoms with Gasteiger partial charge in [0.05, 0.1) is 11.0 Å². The van der Waals surface area contributed by atoms with E-state index in [2.05, 4.69) is 57.4 Å².